The van der Waals surface area contributed by atoms with Crippen LogP contribution in [0, 0.1) is 4.91 Å². The number of imidazole rings is 1. The van der Waals surface area contributed by atoms with Crippen molar-refractivity contribution in [2.45, 2.75) is 13.1 Å². The molecule has 126 valence electrons. The van der Waals surface area contributed by atoms with Crippen LogP contribution >= 0.6 is 11.6 Å². The molecule has 0 aliphatic rings. The van der Waals surface area contributed by atoms with E-state index in [2.05, 4.69) is 15.5 Å². The molecule has 1 heterocycles. The molecule has 7 heteroatoms. The standard InChI is InChI=1S/C18H15ClN4O2/c19-16-3-1-2-14(8-16)10-23-11-17(20-12-23)22-18(24)15-6-4-13(5-7-15)9-21-25/h1-8,11-12H,9-10H2,(H,22,24). The Kier molecular flexibility index (Phi) is 5.20. The topological polar surface area (TPSA) is 76.3 Å². The maximum absolute atomic E-state index is 12.2. The molecule has 1 amide bonds. The highest BCUT2D eigenvalue weighted by Crippen LogP contribution is 2.14. The van der Waals surface area contributed by atoms with Crippen molar-refractivity contribution < 1.29 is 4.79 Å². The molecule has 0 aliphatic heterocycles. The summed E-state index contributed by atoms with van der Waals surface area (Å²) in [5, 5.41) is 6.24. The van der Waals surface area contributed by atoms with Gasteiger partial charge in [0, 0.05) is 23.3 Å². The van der Waals surface area contributed by atoms with Crippen molar-refractivity contribution >= 4 is 23.3 Å². The van der Waals surface area contributed by atoms with Crippen molar-refractivity contribution in [1.29, 1.82) is 0 Å². The van der Waals surface area contributed by atoms with Crippen LogP contribution in [0.1, 0.15) is 21.5 Å². The summed E-state index contributed by atoms with van der Waals surface area (Å²) in [7, 11) is 0. The minimum absolute atomic E-state index is 0.0931. The first kappa shape index (κ1) is 16.9. The Labute approximate surface area is 149 Å². The van der Waals surface area contributed by atoms with E-state index in [9.17, 15) is 9.70 Å². The molecule has 0 atom stereocenters. The van der Waals surface area contributed by atoms with E-state index in [0.29, 0.717) is 22.9 Å². The van der Waals surface area contributed by atoms with Gasteiger partial charge in [-0.25, -0.2) is 4.98 Å². The van der Waals surface area contributed by atoms with Gasteiger partial charge in [0.2, 0.25) is 0 Å². The lowest BCUT2D eigenvalue weighted by atomic mass is 10.1. The zero-order valence-corrected chi connectivity index (χ0v) is 14.0. The number of hydrogen-bond acceptors (Lipinski definition) is 4. The van der Waals surface area contributed by atoms with Gasteiger partial charge >= 0.3 is 0 Å². The molecule has 25 heavy (non-hydrogen) atoms. The van der Waals surface area contributed by atoms with Crippen LogP contribution in [-0.4, -0.2) is 15.5 Å². The number of benzene rings is 2. The molecule has 0 bridgehead atoms. The Balaban J connectivity index is 1.64. The first-order chi connectivity index (χ1) is 12.1. The van der Waals surface area contributed by atoms with E-state index in [4.69, 9.17) is 11.6 Å². The molecule has 0 unspecified atom stereocenters. The van der Waals surface area contributed by atoms with E-state index < -0.39 is 0 Å². The molecule has 0 aliphatic carbocycles. The molecule has 0 radical (unpaired) electrons. The Morgan fingerprint density at radius 1 is 1.16 bits per heavy atom. The predicted molar refractivity (Wildman–Crippen MR) is 96.7 cm³/mol. The van der Waals surface area contributed by atoms with Gasteiger partial charge in [0.1, 0.15) is 6.54 Å². The van der Waals surface area contributed by atoms with Gasteiger partial charge in [-0.15, -0.1) is 0 Å². The molecule has 6 nitrogen and oxygen atoms in total. The second kappa shape index (κ2) is 7.72. The number of nitroso groups, excluding NO2 is 1. The summed E-state index contributed by atoms with van der Waals surface area (Å²) in [5.41, 5.74) is 2.29. The van der Waals surface area contributed by atoms with Crippen LogP contribution in [0.15, 0.2) is 66.2 Å². The summed E-state index contributed by atoms with van der Waals surface area (Å²) >= 11 is 5.98. The number of rotatable bonds is 6. The van der Waals surface area contributed by atoms with E-state index in [1.165, 1.54) is 0 Å². The van der Waals surface area contributed by atoms with Gasteiger partial charge in [0.05, 0.1) is 6.33 Å². The van der Waals surface area contributed by atoms with E-state index in [1.807, 2.05) is 28.8 Å². The lowest BCUT2D eigenvalue weighted by Gasteiger charge is -2.04. The van der Waals surface area contributed by atoms with Crippen molar-refractivity contribution in [3.05, 3.63) is 87.7 Å². The number of carbonyl (C=O) groups is 1. The van der Waals surface area contributed by atoms with E-state index in [1.54, 1.807) is 36.8 Å². The fraction of sp³-hybridized carbons (Fsp3) is 0.111. The maximum Gasteiger partial charge on any atom is 0.256 e. The van der Waals surface area contributed by atoms with E-state index in [0.717, 1.165) is 11.1 Å². The van der Waals surface area contributed by atoms with Crippen LogP contribution in [0.4, 0.5) is 5.82 Å². The van der Waals surface area contributed by atoms with Crippen molar-refractivity contribution in [3.8, 4) is 0 Å². The van der Waals surface area contributed by atoms with Crippen molar-refractivity contribution in [2.24, 2.45) is 5.18 Å². The number of halogens is 1. The monoisotopic (exact) mass is 354 g/mol. The van der Waals surface area contributed by atoms with Crippen LogP contribution in [-0.2, 0) is 13.1 Å². The number of aromatic nitrogens is 2. The van der Waals surface area contributed by atoms with Crippen LogP contribution in [0.5, 0.6) is 0 Å². The van der Waals surface area contributed by atoms with Crippen molar-refractivity contribution in [2.75, 3.05) is 5.32 Å². The van der Waals surface area contributed by atoms with Gasteiger partial charge < -0.3 is 9.88 Å². The molecule has 1 aromatic heterocycles. The van der Waals surface area contributed by atoms with E-state index in [-0.39, 0.29) is 12.5 Å². The second-order valence-electron chi connectivity index (χ2n) is 5.50. The zero-order valence-electron chi connectivity index (χ0n) is 13.2. The van der Waals surface area contributed by atoms with Gasteiger partial charge in [-0.05, 0) is 35.4 Å². The number of anilines is 1. The molecule has 2 aromatic carbocycles. The predicted octanol–water partition coefficient (Wildman–Crippen LogP) is 4.10. The van der Waals surface area contributed by atoms with Gasteiger partial charge in [0.25, 0.3) is 5.91 Å². The Hall–Kier alpha value is -2.99. The third-order valence-corrected chi connectivity index (χ3v) is 3.83. The molecule has 0 fully saturated rings. The van der Waals surface area contributed by atoms with E-state index >= 15 is 0 Å². The van der Waals surface area contributed by atoms with Crippen molar-refractivity contribution in [1.82, 2.24) is 9.55 Å². The summed E-state index contributed by atoms with van der Waals surface area (Å²) in [6, 6.07) is 14.3. The normalized spacial score (nSPS) is 10.4. The lowest BCUT2D eigenvalue weighted by molar-refractivity contribution is 0.102. The third kappa shape index (κ3) is 4.51. The Morgan fingerprint density at radius 3 is 2.68 bits per heavy atom. The molecule has 0 spiro atoms. The molecular formula is C18H15ClN4O2. The van der Waals surface area contributed by atoms with Crippen LogP contribution < -0.4 is 5.32 Å². The second-order valence-corrected chi connectivity index (χ2v) is 5.94. The van der Waals surface area contributed by atoms with Crippen molar-refractivity contribution in [3.63, 3.8) is 0 Å². The summed E-state index contributed by atoms with van der Waals surface area (Å²) in [6.07, 6.45) is 3.40. The minimum atomic E-state index is -0.265. The van der Waals surface area contributed by atoms with Gasteiger partial charge in [0.15, 0.2) is 5.82 Å². The highest BCUT2D eigenvalue weighted by molar-refractivity contribution is 6.30. The zero-order chi connectivity index (χ0) is 17.6. The number of carbonyl (C=O) groups excluding carboxylic acids is 1. The Bertz CT molecular complexity index is 890. The van der Waals surface area contributed by atoms with Crippen LogP contribution in [0.3, 0.4) is 0 Å². The highest BCUT2D eigenvalue weighted by atomic mass is 35.5. The largest absolute Gasteiger partial charge is 0.331 e. The minimum Gasteiger partial charge on any atom is -0.331 e. The average molecular weight is 355 g/mol. The summed E-state index contributed by atoms with van der Waals surface area (Å²) in [5.74, 6) is 0.198. The fourth-order valence-corrected chi connectivity index (χ4v) is 2.59. The lowest BCUT2D eigenvalue weighted by Crippen LogP contribution is -2.12. The number of nitrogens with one attached hydrogen (secondary N) is 1. The average Bonchev–Trinajstić information content (AvgIpc) is 3.02. The smallest absolute Gasteiger partial charge is 0.256 e. The molecule has 3 aromatic rings. The van der Waals surface area contributed by atoms with Gasteiger partial charge in [-0.2, -0.15) is 4.91 Å². The van der Waals surface area contributed by atoms with Gasteiger partial charge in [-0.1, -0.05) is 41.0 Å². The SMILES string of the molecule is O=NCc1ccc(C(=O)Nc2cn(Cc3cccc(Cl)c3)cn2)cc1. The highest BCUT2D eigenvalue weighted by Gasteiger charge is 2.08. The molecule has 0 saturated carbocycles. The first-order valence-corrected chi connectivity index (χ1v) is 7.97. The molecular weight excluding hydrogens is 340 g/mol. The van der Waals surface area contributed by atoms with Crippen LogP contribution in [0.25, 0.3) is 0 Å². The quantitative estimate of drug-likeness (QED) is 0.677. The summed E-state index contributed by atoms with van der Waals surface area (Å²) < 4.78 is 1.86. The number of nitrogens with zero attached hydrogens (tertiary/aromatic N) is 3. The molecule has 3 rings (SSSR count). The molecule has 0 saturated heterocycles. The van der Waals surface area contributed by atoms with Gasteiger partial charge in [-0.3, -0.25) is 4.79 Å². The Morgan fingerprint density at radius 2 is 1.96 bits per heavy atom. The summed E-state index contributed by atoms with van der Waals surface area (Å²) in [4.78, 5) is 26.7. The third-order valence-electron chi connectivity index (χ3n) is 3.59. The summed E-state index contributed by atoms with van der Waals surface area (Å²) in [6.45, 7) is 0.701. The number of hydrogen-bond donors (Lipinski definition) is 1. The first-order valence-electron chi connectivity index (χ1n) is 7.59. The maximum atomic E-state index is 12.2. The molecule has 1 N–H and O–H groups in total. The fourth-order valence-electron chi connectivity index (χ4n) is 2.38. The number of amides is 1. The van der Waals surface area contributed by atoms with Crippen LogP contribution in [0.2, 0.25) is 5.02 Å².